The number of likely N-dealkylation sites (N-methyl/N-ethyl adjacent to an activating group) is 1. The van der Waals surface area contributed by atoms with Crippen LogP contribution in [0.5, 0.6) is 0 Å². The maximum atomic E-state index is 4.34. The minimum absolute atomic E-state index is 0.974. The summed E-state index contributed by atoms with van der Waals surface area (Å²) < 4.78 is 0. The first-order chi connectivity index (χ1) is 19.0. The molecule has 1 heterocycles. The Morgan fingerprint density at radius 1 is 0.692 bits per heavy atom. The van der Waals surface area contributed by atoms with Crippen LogP contribution in [0.25, 0.3) is 18.2 Å². The lowest BCUT2D eigenvalue weighted by atomic mass is 10.1. The molecule has 0 radical (unpaired) electrons. The number of hydrogen-bond acceptors (Lipinski definition) is 4. The van der Waals surface area contributed by atoms with E-state index in [-0.39, 0.29) is 0 Å². The topological polar surface area (TPSA) is 22.6 Å². The van der Waals surface area contributed by atoms with Crippen LogP contribution in [0.4, 0.5) is 11.4 Å². The Morgan fingerprint density at radius 2 is 1.26 bits per heavy atom. The Labute approximate surface area is 236 Å². The van der Waals surface area contributed by atoms with Gasteiger partial charge >= 0.3 is 0 Å². The second kappa shape index (κ2) is 16.0. The smallest absolute Gasteiger partial charge is 0.0629 e. The van der Waals surface area contributed by atoms with Gasteiger partial charge in [0.15, 0.2) is 0 Å². The van der Waals surface area contributed by atoms with Gasteiger partial charge in [0.2, 0.25) is 0 Å². The van der Waals surface area contributed by atoms with Crippen molar-refractivity contribution >= 4 is 29.6 Å². The lowest BCUT2D eigenvalue weighted by Gasteiger charge is -2.21. The number of hydrogen-bond donors (Lipinski definition) is 0. The first-order valence-electron chi connectivity index (χ1n) is 13.9. The van der Waals surface area contributed by atoms with Crippen LogP contribution in [0.3, 0.4) is 0 Å². The highest BCUT2D eigenvalue weighted by Gasteiger charge is 2.03. The fourth-order valence-corrected chi connectivity index (χ4v) is 4.30. The van der Waals surface area contributed by atoms with Gasteiger partial charge in [0.05, 0.1) is 5.69 Å². The van der Waals surface area contributed by atoms with Crippen molar-refractivity contribution in [3.8, 4) is 0 Å². The van der Waals surface area contributed by atoms with Gasteiger partial charge in [0, 0.05) is 64.5 Å². The second-order valence-electron chi connectivity index (χ2n) is 10.1. The van der Waals surface area contributed by atoms with Crippen molar-refractivity contribution in [1.29, 1.82) is 0 Å². The third kappa shape index (κ3) is 10.3. The van der Waals surface area contributed by atoms with E-state index in [2.05, 4.69) is 107 Å². The minimum Gasteiger partial charge on any atom is -0.378 e. The van der Waals surface area contributed by atoms with E-state index in [4.69, 9.17) is 0 Å². The Kier molecular flexibility index (Phi) is 12.1. The fourth-order valence-electron chi connectivity index (χ4n) is 4.30. The predicted molar refractivity (Wildman–Crippen MR) is 172 cm³/mol. The lowest BCUT2D eigenvalue weighted by molar-refractivity contribution is 0.530. The Hall–Kier alpha value is -4.05. The monoisotopic (exact) mass is 520 g/mol. The molecule has 1 aromatic heterocycles. The summed E-state index contributed by atoms with van der Waals surface area (Å²) >= 11 is 0. The SMILES string of the molecule is C=C/C=C(/C=C/c1ccc(N(C)CCCCCCN(C)c2ccc(/C=C/c3ccccn3)cc2)cc1)N(C)C. The van der Waals surface area contributed by atoms with E-state index in [1.165, 1.54) is 48.2 Å². The van der Waals surface area contributed by atoms with Crippen molar-refractivity contribution in [3.05, 3.63) is 120 Å². The highest BCUT2D eigenvalue weighted by molar-refractivity contribution is 5.69. The molecule has 0 aliphatic carbocycles. The number of allylic oxidation sites excluding steroid dienone is 3. The molecule has 0 aliphatic heterocycles. The van der Waals surface area contributed by atoms with Gasteiger partial charge in [-0.2, -0.15) is 0 Å². The molecule has 2 aromatic carbocycles. The highest BCUT2D eigenvalue weighted by atomic mass is 15.1. The van der Waals surface area contributed by atoms with Gasteiger partial charge in [-0.25, -0.2) is 0 Å². The van der Waals surface area contributed by atoms with Crippen LogP contribution in [0.2, 0.25) is 0 Å². The van der Waals surface area contributed by atoms with Gasteiger partial charge < -0.3 is 14.7 Å². The van der Waals surface area contributed by atoms with Gasteiger partial charge in [-0.05, 0) is 78.6 Å². The normalized spacial score (nSPS) is 11.7. The first kappa shape index (κ1) is 29.5. The number of benzene rings is 2. The third-order valence-electron chi connectivity index (χ3n) is 6.79. The quantitative estimate of drug-likeness (QED) is 0.149. The van der Waals surface area contributed by atoms with Crippen LogP contribution in [0, 0.1) is 0 Å². The number of unbranched alkanes of at least 4 members (excludes halogenated alkanes) is 3. The molecule has 0 amide bonds. The van der Waals surface area contributed by atoms with Gasteiger partial charge in [0.25, 0.3) is 0 Å². The van der Waals surface area contributed by atoms with E-state index in [1.807, 2.05) is 56.7 Å². The molecule has 0 bridgehead atoms. The Morgan fingerprint density at radius 3 is 1.74 bits per heavy atom. The molecular formula is C35H44N4. The lowest BCUT2D eigenvalue weighted by Crippen LogP contribution is -2.19. The molecule has 0 atom stereocenters. The molecule has 204 valence electrons. The van der Waals surface area contributed by atoms with Crippen LogP contribution < -0.4 is 9.80 Å². The summed E-state index contributed by atoms with van der Waals surface area (Å²) in [7, 11) is 8.45. The maximum Gasteiger partial charge on any atom is 0.0629 e. The molecular weight excluding hydrogens is 476 g/mol. The average Bonchev–Trinajstić information content (AvgIpc) is 2.96. The zero-order valence-electron chi connectivity index (χ0n) is 24.1. The van der Waals surface area contributed by atoms with E-state index in [1.54, 1.807) is 0 Å². The summed E-state index contributed by atoms with van der Waals surface area (Å²) in [6.45, 7) is 5.95. The fraction of sp³-hybridized carbons (Fsp3) is 0.286. The summed E-state index contributed by atoms with van der Waals surface area (Å²) in [6, 6.07) is 23.5. The molecule has 3 aromatic rings. The zero-order chi connectivity index (χ0) is 27.9. The highest BCUT2D eigenvalue weighted by Crippen LogP contribution is 2.18. The van der Waals surface area contributed by atoms with Gasteiger partial charge in [-0.3, -0.25) is 4.98 Å². The molecule has 4 heteroatoms. The minimum atomic E-state index is 0.974. The summed E-state index contributed by atoms with van der Waals surface area (Å²) in [4.78, 5) is 11.1. The molecule has 0 fully saturated rings. The van der Waals surface area contributed by atoms with Crippen LogP contribution in [0.1, 0.15) is 42.5 Å². The van der Waals surface area contributed by atoms with E-state index in [0.29, 0.717) is 0 Å². The largest absolute Gasteiger partial charge is 0.378 e. The maximum absolute atomic E-state index is 4.34. The zero-order valence-corrected chi connectivity index (χ0v) is 24.1. The summed E-state index contributed by atoms with van der Waals surface area (Å²) in [5.41, 5.74) is 7.01. The average molecular weight is 521 g/mol. The molecule has 0 spiro atoms. The van der Waals surface area contributed by atoms with Crippen molar-refractivity contribution in [2.45, 2.75) is 25.7 Å². The standard InChI is InChI=1S/C35H44N4/c1-6-13-33(37(2)3)22-16-31-19-25-35(26-20-31)39(5)29-12-8-7-11-28-38(4)34-23-17-30(18-24-34)15-21-32-14-9-10-27-36-32/h6,9-10,13-27H,1,7-8,11-12,28-29H2,2-5H3/b21-15+,22-16+,33-13-. The molecule has 0 unspecified atom stereocenters. The second-order valence-corrected chi connectivity index (χ2v) is 10.1. The summed E-state index contributed by atoms with van der Waals surface area (Å²) in [6.07, 6.45) is 19.0. The van der Waals surface area contributed by atoms with Crippen LogP contribution in [-0.4, -0.2) is 51.2 Å². The number of aromatic nitrogens is 1. The van der Waals surface area contributed by atoms with Crippen LogP contribution in [0.15, 0.2) is 103 Å². The van der Waals surface area contributed by atoms with Crippen molar-refractivity contribution in [1.82, 2.24) is 9.88 Å². The van der Waals surface area contributed by atoms with E-state index in [9.17, 15) is 0 Å². The number of anilines is 2. The summed E-state index contributed by atoms with van der Waals surface area (Å²) in [5, 5.41) is 0. The van der Waals surface area contributed by atoms with E-state index < -0.39 is 0 Å². The van der Waals surface area contributed by atoms with Crippen LogP contribution in [-0.2, 0) is 0 Å². The molecule has 0 N–H and O–H groups in total. The first-order valence-corrected chi connectivity index (χ1v) is 13.9. The van der Waals surface area contributed by atoms with E-state index in [0.717, 1.165) is 24.5 Å². The number of rotatable bonds is 15. The van der Waals surface area contributed by atoms with Gasteiger partial charge in [0.1, 0.15) is 0 Å². The molecule has 0 saturated carbocycles. The van der Waals surface area contributed by atoms with Gasteiger partial charge in [-0.1, -0.05) is 68.0 Å². The molecule has 39 heavy (non-hydrogen) atoms. The van der Waals surface area contributed by atoms with Crippen molar-refractivity contribution < 1.29 is 0 Å². The van der Waals surface area contributed by atoms with Gasteiger partial charge in [-0.15, -0.1) is 0 Å². The molecule has 0 aliphatic rings. The van der Waals surface area contributed by atoms with Crippen molar-refractivity contribution in [2.24, 2.45) is 0 Å². The Bertz CT molecular complexity index is 1210. The molecule has 4 nitrogen and oxygen atoms in total. The molecule has 3 rings (SSSR count). The Balaban J connectivity index is 1.34. The van der Waals surface area contributed by atoms with Crippen molar-refractivity contribution in [3.63, 3.8) is 0 Å². The summed E-state index contributed by atoms with van der Waals surface area (Å²) in [5.74, 6) is 0. The number of nitrogens with zero attached hydrogens (tertiary/aromatic N) is 4. The van der Waals surface area contributed by atoms with Crippen LogP contribution >= 0.6 is 0 Å². The molecule has 0 saturated heterocycles. The van der Waals surface area contributed by atoms with Crippen molar-refractivity contribution in [2.75, 3.05) is 51.1 Å². The predicted octanol–water partition coefficient (Wildman–Crippen LogP) is 8.03. The van der Waals surface area contributed by atoms with E-state index >= 15 is 0 Å². The third-order valence-corrected chi connectivity index (χ3v) is 6.79. The number of pyridine rings is 1.